The van der Waals surface area contributed by atoms with Gasteiger partial charge in [-0.15, -0.1) is 0 Å². The standard InChI is InChI=1S/C7H13NS3/c1-2-10-5-3-8-4-6-11-7(8)9/h2-6H2,1H3. The van der Waals surface area contributed by atoms with E-state index in [9.17, 15) is 0 Å². The van der Waals surface area contributed by atoms with Crippen LogP contribution in [0.15, 0.2) is 0 Å². The summed E-state index contributed by atoms with van der Waals surface area (Å²) in [5.74, 6) is 3.63. The molecule has 0 aromatic rings. The van der Waals surface area contributed by atoms with Crippen molar-refractivity contribution in [3.63, 3.8) is 0 Å². The summed E-state index contributed by atoms with van der Waals surface area (Å²) in [6, 6.07) is 0. The quantitative estimate of drug-likeness (QED) is 0.512. The molecule has 4 heteroatoms. The minimum Gasteiger partial charge on any atom is -0.356 e. The SMILES string of the molecule is CCSCCN1CCSC1=S. The molecule has 0 unspecified atom stereocenters. The Morgan fingerprint density at radius 2 is 2.55 bits per heavy atom. The maximum atomic E-state index is 5.17. The van der Waals surface area contributed by atoms with Crippen LogP contribution in [0.1, 0.15) is 6.92 Å². The van der Waals surface area contributed by atoms with Crippen LogP contribution in [0.25, 0.3) is 0 Å². The van der Waals surface area contributed by atoms with E-state index < -0.39 is 0 Å². The summed E-state index contributed by atoms with van der Waals surface area (Å²) < 4.78 is 1.10. The van der Waals surface area contributed by atoms with Gasteiger partial charge in [0.15, 0.2) is 0 Å². The monoisotopic (exact) mass is 207 g/mol. The summed E-state index contributed by atoms with van der Waals surface area (Å²) >= 11 is 8.97. The van der Waals surface area contributed by atoms with E-state index in [2.05, 4.69) is 11.8 Å². The number of hydrogen-bond acceptors (Lipinski definition) is 3. The second kappa shape index (κ2) is 5.27. The van der Waals surface area contributed by atoms with Gasteiger partial charge in [0.25, 0.3) is 0 Å². The summed E-state index contributed by atoms with van der Waals surface area (Å²) in [7, 11) is 0. The predicted molar refractivity (Wildman–Crippen MR) is 59.6 cm³/mol. The number of rotatable bonds is 4. The van der Waals surface area contributed by atoms with Gasteiger partial charge in [-0.2, -0.15) is 11.8 Å². The lowest BCUT2D eigenvalue weighted by Crippen LogP contribution is -2.25. The summed E-state index contributed by atoms with van der Waals surface area (Å²) in [6.07, 6.45) is 0. The first-order valence-corrected chi connectivity index (χ1v) is 6.39. The molecule has 1 heterocycles. The molecule has 1 nitrogen and oxygen atoms in total. The third-order valence-electron chi connectivity index (χ3n) is 1.55. The fourth-order valence-electron chi connectivity index (χ4n) is 0.948. The largest absolute Gasteiger partial charge is 0.356 e. The van der Waals surface area contributed by atoms with Gasteiger partial charge in [-0.05, 0) is 5.75 Å². The highest BCUT2D eigenvalue weighted by Gasteiger charge is 2.15. The lowest BCUT2D eigenvalue weighted by molar-refractivity contribution is 0.500. The van der Waals surface area contributed by atoms with E-state index in [1.807, 2.05) is 23.5 Å². The van der Waals surface area contributed by atoms with Crippen LogP contribution < -0.4 is 0 Å². The van der Waals surface area contributed by atoms with Crippen LogP contribution in [0.5, 0.6) is 0 Å². The van der Waals surface area contributed by atoms with Crippen molar-refractivity contribution in [3.05, 3.63) is 0 Å². The van der Waals surface area contributed by atoms with Crippen molar-refractivity contribution in [2.45, 2.75) is 6.92 Å². The Hall–Kier alpha value is 0.590. The van der Waals surface area contributed by atoms with Gasteiger partial charge >= 0.3 is 0 Å². The average Bonchev–Trinajstić information content (AvgIpc) is 2.37. The highest BCUT2D eigenvalue weighted by atomic mass is 32.2. The van der Waals surface area contributed by atoms with Gasteiger partial charge in [0, 0.05) is 24.6 Å². The molecule has 1 fully saturated rings. The smallest absolute Gasteiger partial charge is 0.136 e. The highest BCUT2D eigenvalue weighted by molar-refractivity contribution is 8.23. The number of thiocarbonyl (C=S) groups is 1. The molecule has 0 atom stereocenters. The first kappa shape index (κ1) is 9.68. The van der Waals surface area contributed by atoms with Crippen LogP contribution in [0.4, 0.5) is 0 Å². The molecule has 1 aliphatic heterocycles. The summed E-state index contributed by atoms with van der Waals surface area (Å²) in [4.78, 5) is 2.31. The van der Waals surface area contributed by atoms with Crippen LogP contribution >= 0.6 is 35.7 Å². The molecule has 1 saturated heterocycles. The normalized spacial score (nSPS) is 17.9. The molecule has 1 aliphatic rings. The molecular weight excluding hydrogens is 194 g/mol. The maximum Gasteiger partial charge on any atom is 0.136 e. The Morgan fingerprint density at radius 1 is 1.73 bits per heavy atom. The first-order valence-electron chi connectivity index (χ1n) is 3.84. The molecular formula is C7H13NS3. The number of thioether (sulfide) groups is 2. The lowest BCUT2D eigenvalue weighted by Gasteiger charge is -2.15. The van der Waals surface area contributed by atoms with Crippen molar-refractivity contribution < 1.29 is 0 Å². The molecule has 0 N–H and O–H groups in total. The van der Waals surface area contributed by atoms with Crippen molar-refractivity contribution in [2.24, 2.45) is 0 Å². The van der Waals surface area contributed by atoms with E-state index in [-0.39, 0.29) is 0 Å². The molecule has 0 spiro atoms. The molecule has 0 radical (unpaired) electrons. The number of hydrogen-bond donors (Lipinski definition) is 0. The second-order valence-corrected chi connectivity index (χ2v) is 5.42. The van der Waals surface area contributed by atoms with Crippen molar-refractivity contribution >= 4 is 40.1 Å². The zero-order chi connectivity index (χ0) is 8.10. The van der Waals surface area contributed by atoms with Crippen LogP contribution in [0.2, 0.25) is 0 Å². The van der Waals surface area contributed by atoms with Gasteiger partial charge in [0.2, 0.25) is 0 Å². The van der Waals surface area contributed by atoms with E-state index in [0.29, 0.717) is 0 Å². The Morgan fingerprint density at radius 3 is 3.09 bits per heavy atom. The Balaban J connectivity index is 2.10. The molecule has 0 saturated carbocycles. The van der Waals surface area contributed by atoms with Crippen LogP contribution in [0.3, 0.4) is 0 Å². The van der Waals surface area contributed by atoms with E-state index in [0.717, 1.165) is 17.4 Å². The molecule has 1 rings (SSSR count). The Labute approximate surface area is 82.3 Å². The fraction of sp³-hybridized carbons (Fsp3) is 0.857. The number of nitrogens with zero attached hydrogens (tertiary/aromatic N) is 1. The minimum absolute atomic E-state index is 1.10. The zero-order valence-corrected chi connectivity index (χ0v) is 9.16. The van der Waals surface area contributed by atoms with Crippen molar-refractivity contribution in [1.82, 2.24) is 4.90 Å². The third kappa shape index (κ3) is 3.22. The van der Waals surface area contributed by atoms with Crippen molar-refractivity contribution in [3.8, 4) is 0 Å². The van der Waals surface area contributed by atoms with E-state index in [1.165, 1.54) is 17.3 Å². The molecule has 11 heavy (non-hydrogen) atoms. The molecule has 0 aliphatic carbocycles. The van der Waals surface area contributed by atoms with Crippen LogP contribution in [-0.4, -0.2) is 39.6 Å². The van der Waals surface area contributed by atoms with Gasteiger partial charge < -0.3 is 4.90 Å². The van der Waals surface area contributed by atoms with Gasteiger partial charge in [-0.25, -0.2) is 0 Å². The van der Waals surface area contributed by atoms with E-state index in [1.54, 1.807) is 0 Å². The first-order chi connectivity index (χ1) is 5.34. The summed E-state index contributed by atoms with van der Waals surface area (Å²) in [5, 5.41) is 0. The average molecular weight is 207 g/mol. The summed E-state index contributed by atoms with van der Waals surface area (Å²) in [5.41, 5.74) is 0. The second-order valence-electron chi connectivity index (χ2n) is 2.30. The Kier molecular flexibility index (Phi) is 4.64. The van der Waals surface area contributed by atoms with Gasteiger partial charge in [-0.3, -0.25) is 0 Å². The van der Waals surface area contributed by atoms with Crippen LogP contribution in [-0.2, 0) is 0 Å². The third-order valence-corrected chi connectivity index (χ3v) is 3.94. The topological polar surface area (TPSA) is 3.24 Å². The van der Waals surface area contributed by atoms with Crippen molar-refractivity contribution in [1.29, 1.82) is 0 Å². The van der Waals surface area contributed by atoms with Gasteiger partial charge in [0.05, 0.1) is 0 Å². The molecule has 0 aromatic heterocycles. The van der Waals surface area contributed by atoms with Gasteiger partial charge in [0.1, 0.15) is 4.32 Å². The minimum atomic E-state index is 1.10. The van der Waals surface area contributed by atoms with E-state index in [4.69, 9.17) is 12.2 Å². The lowest BCUT2D eigenvalue weighted by atomic mass is 10.6. The summed E-state index contributed by atoms with van der Waals surface area (Å²) in [6.45, 7) is 4.50. The maximum absolute atomic E-state index is 5.17. The molecule has 0 amide bonds. The van der Waals surface area contributed by atoms with E-state index >= 15 is 0 Å². The van der Waals surface area contributed by atoms with Crippen LogP contribution in [0, 0.1) is 0 Å². The Bertz CT molecular complexity index is 138. The predicted octanol–water partition coefficient (Wildman–Crippen LogP) is 2.07. The molecule has 0 aromatic carbocycles. The van der Waals surface area contributed by atoms with Crippen molar-refractivity contribution in [2.75, 3.05) is 30.3 Å². The zero-order valence-electron chi connectivity index (χ0n) is 6.71. The van der Waals surface area contributed by atoms with Gasteiger partial charge in [-0.1, -0.05) is 30.9 Å². The highest BCUT2D eigenvalue weighted by Crippen LogP contribution is 2.17. The molecule has 64 valence electrons. The fourth-order valence-corrected chi connectivity index (χ4v) is 2.87. The molecule has 0 bridgehead atoms.